The molecule has 0 aromatic rings. The van der Waals surface area contributed by atoms with Crippen LogP contribution in [0.3, 0.4) is 0 Å². The number of ketones is 1. The Balaban J connectivity index is -0.0000000916. The van der Waals surface area contributed by atoms with Crippen LogP contribution in [0.4, 0.5) is 0 Å². The van der Waals surface area contributed by atoms with Gasteiger partial charge in [0.15, 0.2) is 5.78 Å². The van der Waals surface area contributed by atoms with Gasteiger partial charge in [0.2, 0.25) is 5.91 Å². The van der Waals surface area contributed by atoms with E-state index in [1.54, 1.807) is 0 Å². The topological polar surface area (TPSA) is 80.4 Å². The third-order valence-electron chi connectivity index (χ3n) is 1.80. The Kier molecular flexibility index (Phi) is 21.5. The molecule has 3 N–H and O–H groups in total. The maximum Gasteiger partial charge on any atom is 0.241 e. The summed E-state index contributed by atoms with van der Waals surface area (Å²) in [6, 6.07) is 0. The van der Waals surface area contributed by atoms with Gasteiger partial charge >= 0.3 is 0 Å². The molecular formula is C13H29NO3. The Morgan fingerprint density at radius 2 is 1.82 bits per heavy atom. The Labute approximate surface area is 106 Å². The van der Waals surface area contributed by atoms with E-state index in [0.29, 0.717) is 12.5 Å². The lowest BCUT2D eigenvalue weighted by atomic mass is 10.1. The zero-order valence-corrected chi connectivity index (χ0v) is 11.7. The van der Waals surface area contributed by atoms with Crippen LogP contribution in [0, 0.1) is 5.92 Å². The number of primary amides is 1. The number of carbonyl (C=O) groups is 2. The van der Waals surface area contributed by atoms with E-state index in [1.807, 2.05) is 13.8 Å². The largest absolute Gasteiger partial charge is 0.396 e. The van der Waals surface area contributed by atoms with Crippen LogP contribution in [-0.4, -0.2) is 23.4 Å². The van der Waals surface area contributed by atoms with Gasteiger partial charge in [-0.1, -0.05) is 34.1 Å². The van der Waals surface area contributed by atoms with Gasteiger partial charge in [-0.05, 0) is 25.3 Å². The second-order valence-electron chi connectivity index (χ2n) is 3.37. The lowest BCUT2D eigenvalue weighted by Crippen LogP contribution is -2.06. The second-order valence-corrected chi connectivity index (χ2v) is 3.37. The molecule has 0 aliphatic heterocycles. The highest BCUT2D eigenvalue weighted by Gasteiger charge is 1.93. The van der Waals surface area contributed by atoms with Crippen LogP contribution in [0.5, 0.6) is 0 Å². The number of hydrogen-bond acceptors (Lipinski definition) is 3. The van der Waals surface area contributed by atoms with E-state index in [9.17, 15) is 9.59 Å². The second kappa shape index (κ2) is 17.2. The molecule has 0 saturated heterocycles. The van der Waals surface area contributed by atoms with E-state index in [-0.39, 0.29) is 7.21 Å². The van der Waals surface area contributed by atoms with Crippen molar-refractivity contribution in [1.82, 2.24) is 0 Å². The third kappa shape index (κ3) is 31.3. The number of aliphatic hydroxyl groups excluding tert-OH is 1. The van der Waals surface area contributed by atoms with Crippen molar-refractivity contribution in [2.24, 2.45) is 11.7 Å². The van der Waals surface area contributed by atoms with Gasteiger partial charge in [0.05, 0.1) is 0 Å². The summed E-state index contributed by atoms with van der Waals surface area (Å²) >= 11 is 0. The van der Waals surface area contributed by atoms with Gasteiger partial charge < -0.3 is 10.8 Å². The average molecular weight is 247 g/mol. The van der Waals surface area contributed by atoms with Crippen LogP contribution < -0.4 is 5.73 Å². The zero-order valence-electron chi connectivity index (χ0n) is 11.7. The molecule has 0 aromatic carbocycles. The summed E-state index contributed by atoms with van der Waals surface area (Å²) in [7, 11) is 0. The minimum absolute atomic E-state index is 0. The summed E-state index contributed by atoms with van der Waals surface area (Å²) in [6.45, 7) is 9.98. The molecule has 0 bridgehead atoms. The molecule has 4 nitrogen and oxygen atoms in total. The van der Waals surface area contributed by atoms with Gasteiger partial charge in [-0.25, -0.2) is 0 Å². The van der Waals surface area contributed by atoms with Crippen molar-refractivity contribution in [3.05, 3.63) is 12.2 Å². The SMILES string of the molecule is CC.CC(=O)/C=C/C(N)=O.CCC(C)CCO.[HH]. The predicted octanol–water partition coefficient (Wildman–Crippen LogP) is 2.30. The van der Waals surface area contributed by atoms with Crippen LogP contribution in [0.1, 0.15) is 48.9 Å². The fraction of sp³-hybridized carbons (Fsp3) is 0.692. The molecule has 0 radical (unpaired) electrons. The Morgan fingerprint density at radius 1 is 1.35 bits per heavy atom. The van der Waals surface area contributed by atoms with Crippen molar-refractivity contribution in [2.45, 2.75) is 47.5 Å². The molecule has 0 aromatic heterocycles. The fourth-order valence-electron chi connectivity index (χ4n) is 0.624. The normalized spacial score (nSPS) is 10.7. The van der Waals surface area contributed by atoms with Crippen molar-refractivity contribution in [3.63, 3.8) is 0 Å². The summed E-state index contributed by atoms with van der Waals surface area (Å²) in [5.74, 6) is -0.0750. The molecule has 1 atom stereocenters. The van der Waals surface area contributed by atoms with Crippen molar-refractivity contribution in [1.29, 1.82) is 0 Å². The Morgan fingerprint density at radius 3 is 1.94 bits per heavy atom. The van der Waals surface area contributed by atoms with E-state index in [0.717, 1.165) is 18.6 Å². The highest BCUT2D eigenvalue weighted by molar-refractivity contribution is 5.95. The summed E-state index contributed by atoms with van der Waals surface area (Å²) in [4.78, 5) is 19.9. The molecule has 0 saturated carbocycles. The number of allylic oxidation sites excluding steroid dienone is 1. The van der Waals surface area contributed by atoms with E-state index >= 15 is 0 Å². The molecule has 0 heterocycles. The Bertz CT molecular complexity index is 202. The zero-order chi connectivity index (χ0) is 14.3. The highest BCUT2D eigenvalue weighted by atomic mass is 16.3. The van der Waals surface area contributed by atoms with Gasteiger partial charge in [-0.3, -0.25) is 9.59 Å². The van der Waals surface area contributed by atoms with Gasteiger partial charge in [-0.2, -0.15) is 0 Å². The van der Waals surface area contributed by atoms with Crippen molar-refractivity contribution < 1.29 is 16.1 Å². The maximum absolute atomic E-state index is 10.1. The first-order chi connectivity index (χ1) is 7.93. The average Bonchev–Trinajstić information content (AvgIpc) is 2.30. The van der Waals surface area contributed by atoms with Gasteiger partial charge in [-0.15, -0.1) is 0 Å². The van der Waals surface area contributed by atoms with E-state index < -0.39 is 5.91 Å². The summed E-state index contributed by atoms with van der Waals surface area (Å²) in [6.07, 6.45) is 4.29. The monoisotopic (exact) mass is 247 g/mol. The first kappa shape index (κ1) is 21.2. The molecule has 17 heavy (non-hydrogen) atoms. The van der Waals surface area contributed by atoms with Crippen LogP contribution >= 0.6 is 0 Å². The van der Waals surface area contributed by atoms with Gasteiger partial charge in [0.1, 0.15) is 0 Å². The number of amides is 1. The number of rotatable bonds is 5. The fourth-order valence-corrected chi connectivity index (χ4v) is 0.624. The molecule has 0 spiro atoms. The summed E-state index contributed by atoms with van der Waals surface area (Å²) in [5.41, 5.74) is 4.66. The molecule has 0 aliphatic rings. The minimum Gasteiger partial charge on any atom is -0.396 e. The number of carbonyl (C=O) groups excluding carboxylic acids is 2. The van der Waals surface area contributed by atoms with Crippen molar-refractivity contribution in [2.75, 3.05) is 6.61 Å². The van der Waals surface area contributed by atoms with Crippen molar-refractivity contribution in [3.8, 4) is 0 Å². The predicted molar refractivity (Wildman–Crippen MR) is 73.6 cm³/mol. The molecule has 1 unspecified atom stereocenters. The van der Waals surface area contributed by atoms with E-state index in [2.05, 4.69) is 19.6 Å². The first-order valence-corrected chi connectivity index (χ1v) is 6.02. The lowest BCUT2D eigenvalue weighted by molar-refractivity contribution is -0.115. The molecule has 104 valence electrons. The number of nitrogens with two attached hydrogens (primary N) is 1. The van der Waals surface area contributed by atoms with Gasteiger partial charge in [0, 0.05) is 14.1 Å². The van der Waals surface area contributed by atoms with Crippen LogP contribution in [0.25, 0.3) is 0 Å². The summed E-state index contributed by atoms with van der Waals surface area (Å²) < 4.78 is 0. The standard InChI is InChI=1S/C6H14O.C5H7NO2.C2H6.H2/c1-3-6(2)4-5-7;1-4(7)2-3-5(6)8;1-2;/h6-7H,3-5H2,1-2H3;2-3H,1H3,(H2,6,8);1-2H3;1H/b;3-2+;;. The Hall–Kier alpha value is -1.16. The third-order valence-corrected chi connectivity index (χ3v) is 1.80. The number of hydrogen-bond donors (Lipinski definition) is 2. The smallest absolute Gasteiger partial charge is 0.241 e. The first-order valence-electron chi connectivity index (χ1n) is 6.02. The molecule has 4 heteroatoms. The lowest BCUT2D eigenvalue weighted by Gasteiger charge is -2.01. The van der Waals surface area contributed by atoms with Crippen LogP contribution in [0.2, 0.25) is 0 Å². The number of aliphatic hydroxyl groups is 1. The molecular weight excluding hydrogens is 218 g/mol. The highest BCUT2D eigenvalue weighted by Crippen LogP contribution is 2.03. The molecule has 1 amide bonds. The molecule has 0 rings (SSSR count). The van der Waals surface area contributed by atoms with Crippen LogP contribution in [0.15, 0.2) is 12.2 Å². The molecule has 0 fully saturated rings. The maximum atomic E-state index is 10.1. The van der Waals surface area contributed by atoms with Crippen molar-refractivity contribution >= 4 is 11.7 Å². The van der Waals surface area contributed by atoms with Crippen LogP contribution in [-0.2, 0) is 9.59 Å². The summed E-state index contributed by atoms with van der Waals surface area (Å²) in [5, 5.41) is 8.37. The molecule has 0 aliphatic carbocycles. The van der Waals surface area contributed by atoms with E-state index in [4.69, 9.17) is 5.11 Å². The van der Waals surface area contributed by atoms with E-state index in [1.165, 1.54) is 13.3 Å². The quantitative estimate of drug-likeness (QED) is 0.731. The minimum atomic E-state index is -0.597. The van der Waals surface area contributed by atoms with Gasteiger partial charge in [0.25, 0.3) is 0 Å².